The van der Waals surface area contributed by atoms with Crippen LogP contribution in [-0.4, -0.2) is 38.0 Å². The van der Waals surface area contributed by atoms with E-state index in [2.05, 4.69) is 15.0 Å². The van der Waals surface area contributed by atoms with Crippen molar-refractivity contribution in [3.05, 3.63) is 18.3 Å². The summed E-state index contributed by atoms with van der Waals surface area (Å²) in [5.41, 5.74) is 0. The van der Waals surface area contributed by atoms with Gasteiger partial charge in [0.15, 0.2) is 0 Å². The van der Waals surface area contributed by atoms with Crippen molar-refractivity contribution in [3.8, 4) is 0 Å². The van der Waals surface area contributed by atoms with Crippen LogP contribution in [0.15, 0.2) is 23.2 Å². The molecule has 1 aliphatic rings. The normalized spacial score (nSPS) is 17.6. The van der Waals surface area contributed by atoms with Crippen molar-refractivity contribution in [2.24, 2.45) is 0 Å². The van der Waals surface area contributed by atoms with Crippen LogP contribution in [0.25, 0.3) is 0 Å². The van der Waals surface area contributed by atoms with Crippen molar-refractivity contribution in [1.29, 1.82) is 0 Å². The molecular formula is C11H17N3O2S2. The van der Waals surface area contributed by atoms with Gasteiger partial charge in [0.2, 0.25) is 10.0 Å². The summed E-state index contributed by atoms with van der Waals surface area (Å²) in [6, 6.07) is 3.11. The summed E-state index contributed by atoms with van der Waals surface area (Å²) in [6.07, 6.45) is 3.29. The molecule has 1 fully saturated rings. The van der Waals surface area contributed by atoms with E-state index in [1.54, 1.807) is 13.1 Å². The Morgan fingerprint density at radius 3 is 2.78 bits per heavy atom. The van der Waals surface area contributed by atoms with E-state index in [-0.39, 0.29) is 10.9 Å². The molecule has 2 heterocycles. The van der Waals surface area contributed by atoms with Gasteiger partial charge in [0, 0.05) is 25.4 Å². The topological polar surface area (TPSA) is 71.1 Å². The summed E-state index contributed by atoms with van der Waals surface area (Å²) >= 11 is 1.87. The van der Waals surface area contributed by atoms with Gasteiger partial charge in [-0.25, -0.2) is 18.1 Å². The van der Waals surface area contributed by atoms with Gasteiger partial charge in [0.05, 0.1) is 4.90 Å². The van der Waals surface area contributed by atoms with Gasteiger partial charge in [0.25, 0.3) is 0 Å². The smallest absolute Gasteiger partial charge is 0.241 e. The van der Waals surface area contributed by atoms with E-state index in [1.165, 1.54) is 12.3 Å². The van der Waals surface area contributed by atoms with Crippen LogP contribution in [0.2, 0.25) is 0 Å². The summed E-state index contributed by atoms with van der Waals surface area (Å²) in [7, 11) is -1.72. The van der Waals surface area contributed by atoms with Crippen molar-refractivity contribution in [3.63, 3.8) is 0 Å². The standard InChI is InChI=1S/C11H17N3O2S2/c1-12-11-8-10(2-5-13-11)18(15,16)14-9-3-6-17-7-4-9/h2,5,8-9,14H,3-4,6-7H2,1H3,(H,12,13). The van der Waals surface area contributed by atoms with Crippen LogP contribution in [0, 0.1) is 0 Å². The highest BCUT2D eigenvalue weighted by molar-refractivity contribution is 7.99. The zero-order chi connectivity index (χ0) is 13.0. The van der Waals surface area contributed by atoms with E-state index in [0.29, 0.717) is 5.82 Å². The first-order chi connectivity index (χ1) is 8.62. The fraction of sp³-hybridized carbons (Fsp3) is 0.545. The summed E-state index contributed by atoms with van der Waals surface area (Å²) in [6.45, 7) is 0. The Balaban J connectivity index is 2.13. The largest absolute Gasteiger partial charge is 0.373 e. The zero-order valence-corrected chi connectivity index (χ0v) is 11.9. The summed E-state index contributed by atoms with van der Waals surface area (Å²) in [4.78, 5) is 4.28. The highest BCUT2D eigenvalue weighted by Gasteiger charge is 2.22. The monoisotopic (exact) mass is 287 g/mol. The van der Waals surface area contributed by atoms with Crippen LogP contribution >= 0.6 is 11.8 Å². The number of nitrogens with one attached hydrogen (secondary N) is 2. The molecule has 0 aromatic carbocycles. The van der Waals surface area contributed by atoms with Crippen LogP contribution in [0.4, 0.5) is 5.82 Å². The Morgan fingerprint density at radius 1 is 1.39 bits per heavy atom. The molecule has 5 nitrogen and oxygen atoms in total. The van der Waals surface area contributed by atoms with Gasteiger partial charge in [-0.1, -0.05) is 0 Å². The van der Waals surface area contributed by atoms with E-state index < -0.39 is 10.0 Å². The second-order valence-corrected chi connectivity index (χ2v) is 7.07. The zero-order valence-electron chi connectivity index (χ0n) is 10.2. The van der Waals surface area contributed by atoms with Gasteiger partial charge in [-0.05, 0) is 30.4 Å². The minimum absolute atomic E-state index is 0.0578. The predicted molar refractivity (Wildman–Crippen MR) is 74.5 cm³/mol. The lowest BCUT2D eigenvalue weighted by atomic mass is 10.2. The Bertz CT molecular complexity index is 499. The van der Waals surface area contributed by atoms with Crippen molar-refractivity contribution in [1.82, 2.24) is 9.71 Å². The first kappa shape index (κ1) is 13.6. The molecule has 0 aliphatic carbocycles. The molecule has 0 bridgehead atoms. The molecule has 1 saturated heterocycles. The van der Waals surface area contributed by atoms with Crippen molar-refractivity contribution < 1.29 is 8.42 Å². The molecule has 1 aromatic heterocycles. The first-order valence-corrected chi connectivity index (χ1v) is 8.49. The first-order valence-electron chi connectivity index (χ1n) is 5.86. The maximum Gasteiger partial charge on any atom is 0.241 e. The Morgan fingerprint density at radius 2 is 2.11 bits per heavy atom. The number of anilines is 1. The molecule has 2 rings (SSSR count). The van der Waals surface area contributed by atoms with Gasteiger partial charge < -0.3 is 5.32 Å². The summed E-state index contributed by atoms with van der Waals surface area (Å²) < 4.78 is 27.2. The van der Waals surface area contributed by atoms with Crippen LogP contribution in [-0.2, 0) is 10.0 Å². The molecular weight excluding hydrogens is 270 g/mol. The second kappa shape index (κ2) is 5.90. The van der Waals surface area contributed by atoms with Crippen molar-refractivity contribution in [2.45, 2.75) is 23.8 Å². The van der Waals surface area contributed by atoms with Gasteiger partial charge in [-0.2, -0.15) is 11.8 Å². The number of nitrogens with zero attached hydrogens (tertiary/aromatic N) is 1. The molecule has 0 saturated carbocycles. The molecule has 1 aliphatic heterocycles. The van der Waals surface area contributed by atoms with Gasteiger partial charge in [-0.3, -0.25) is 0 Å². The van der Waals surface area contributed by atoms with E-state index >= 15 is 0 Å². The SMILES string of the molecule is CNc1cc(S(=O)(=O)NC2CCSCC2)ccn1. The van der Waals surface area contributed by atoms with E-state index in [0.717, 1.165) is 24.3 Å². The molecule has 1 aromatic rings. The Labute approximate surface area is 112 Å². The average molecular weight is 287 g/mol. The quantitative estimate of drug-likeness (QED) is 0.873. The van der Waals surface area contributed by atoms with Crippen LogP contribution in [0.1, 0.15) is 12.8 Å². The molecule has 2 N–H and O–H groups in total. The van der Waals surface area contributed by atoms with Crippen molar-refractivity contribution >= 4 is 27.6 Å². The van der Waals surface area contributed by atoms with Crippen molar-refractivity contribution in [2.75, 3.05) is 23.9 Å². The molecule has 0 spiro atoms. The number of hydrogen-bond acceptors (Lipinski definition) is 5. The molecule has 7 heteroatoms. The predicted octanol–water partition coefficient (Wildman–Crippen LogP) is 1.30. The Kier molecular flexibility index (Phi) is 4.47. The molecule has 0 atom stereocenters. The van der Waals surface area contributed by atoms with Crippen LogP contribution in [0.3, 0.4) is 0 Å². The summed E-state index contributed by atoms with van der Waals surface area (Å²) in [5.74, 6) is 2.59. The highest BCUT2D eigenvalue weighted by atomic mass is 32.2. The third-order valence-electron chi connectivity index (χ3n) is 2.84. The lowest BCUT2D eigenvalue weighted by molar-refractivity contribution is 0.529. The lowest BCUT2D eigenvalue weighted by Crippen LogP contribution is -2.37. The molecule has 0 unspecified atom stereocenters. The minimum atomic E-state index is -3.43. The number of pyridine rings is 1. The summed E-state index contributed by atoms with van der Waals surface area (Å²) in [5, 5.41) is 2.84. The number of thioether (sulfide) groups is 1. The maximum atomic E-state index is 12.2. The molecule has 0 amide bonds. The van der Waals surface area contributed by atoms with E-state index in [9.17, 15) is 8.42 Å². The molecule has 18 heavy (non-hydrogen) atoms. The Hall–Kier alpha value is -0.790. The fourth-order valence-corrected chi connectivity index (χ4v) is 4.24. The van der Waals surface area contributed by atoms with E-state index in [4.69, 9.17) is 0 Å². The van der Waals surface area contributed by atoms with Gasteiger partial charge in [0.1, 0.15) is 5.82 Å². The number of rotatable bonds is 4. The van der Waals surface area contributed by atoms with Crippen LogP contribution < -0.4 is 10.0 Å². The van der Waals surface area contributed by atoms with Gasteiger partial charge >= 0.3 is 0 Å². The lowest BCUT2D eigenvalue weighted by Gasteiger charge is -2.22. The maximum absolute atomic E-state index is 12.2. The highest BCUT2D eigenvalue weighted by Crippen LogP contribution is 2.19. The molecule has 100 valence electrons. The molecule has 0 radical (unpaired) electrons. The number of hydrogen-bond donors (Lipinski definition) is 2. The third-order valence-corrected chi connectivity index (χ3v) is 5.41. The van der Waals surface area contributed by atoms with Crippen LogP contribution in [0.5, 0.6) is 0 Å². The van der Waals surface area contributed by atoms with E-state index in [1.807, 2.05) is 11.8 Å². The average Bonchev–Trinajstić information content (AvgIpc) is 2.39. The second-order valence-electron chi connectivity index (χ2n) is 4.13. The number of sulfonamides is 1. The third kappa shape index (κ3) is 3.37. The minimum Gasteiger partial charge on any atom is -0.373 e. The number of aromatic nitrogens is 1. The fourth-order valence-electron chi connectivity index (χ4n) is 1.82. The van der Waals surface area contributed by atoms with Gasteiger partial charge in [-0.15, -0.1) is 0 Å².